The van der Waals surface area contributed by atoms with E-state index in [2.05, 4.69) is 21.6 Å². The molecule has 1 atom stereocenters. The third-order valence-electron chi connectivity index (χ3n) is 6.39. The molecule has 0 saturated carbocycles. The van der Waals surface area contributed by atoms with E-state index in [0.29, 0.717) is 23.4 Å². The summed E-state index contributed by atoms with van der Waals surface area (Å²) in [4.78, 5) is 17.7. The highest BCUT2D eigenvalue weighted by atomic mass is 16.5. The second kappa shape index (κ2) is 8.63. The molecule has 0 bridgehead atoms. The fourth-order valence-electron chi connectivity index (χ4n) is 4.70. The molecule has 1 saturated heterocycles. The zero-order chi connectivity index (χ0) is 22.1. The third kappa shape index (κ3) is 3.82. The molecule has 3 aromatic rings. The van der Waals surface area contributed by atoms with Crippen molar-refractivity contribution in [1.29, 1.82) is 0 Å². The van der Waals surface area contributed by atoms with Crippen LogP contribution in [0.2, 0.25) is 0 Å². The van der Waals surface area contributed by atoms with Gasteiger partial charge in [-0.3, -0.25) is 9.58 Å². The van der Waals surface area contributed by atoms with Crippen LogP contribution in [0.3, 0.4) is 0 Å². The monoisotopic (exact) mass is 433 g/mol. The van der Waals surface area contributed by atoms with Crippen molar-refractivity contribution < 1.29 is 14.6 Å². The van der Waals surface area contributed by atoms with Crippen molar-refractivity contribution in [3.05, 3.63) is 54.5 Å². The predicted octanol–water partition coefficient (Wildman–Crippen LogP) is 4.48. The summed E-state index contributed by atoms with van der Waals surface area (Å²) in [6.45, 7) is 3.93. The van der Waals surface area contributed by atoms with Crippen LogP contribution in [0.5, 0.6) is 11.6 Å². The van der Waals surface area contributed by atoms with E-state index in [1.807, 2.05) is 48.1 Å². The van der Waals surface area contributed by atoms with Gasteiger partial charge in [-0.05, 0) is 63.9 Å². The van der Waals surface area contributed by atoms with Gasteiger partial charge < -0.3 is 15.2 Å². The van der Waals surface area contributed by atoms with Crippen LogP contribution in [-0.2, 0) is 6.42 Å². The molecule has 2 aliphatic rings. The number of carbonyl (C=O) groups is 1. The molecule has 2 N–H and O–H groups in total. The molecule has 1 unspecified atom stereocenters. The number of nitrogens with zero attached hydrogens (tertiary/aromatic N) is 4. The van der Waals surface area contributed by atoms with Crippen LogP contribution in [0, 0.1) is 0 Å². The standard InChI is InChI=1S/C24H27N5O3/c1-16-5-6-20-21(29(16)24(30)31)8-7-19(23(20)32-22-4-2-3-11-26-22)17-14-27-28(15-17)18-9-12-25-13-10-18/h2-4,7-8,11,14-16,18,25H,5-6,9-10,12-13H2,1H3,(H,30,31). The lowest BCUT2D eigenvalue weighted by atomic mass is 9.92. The molecular formula is C24H27N5O3. The number of nitrogens with one attached hydrogen (secondary N) is 1. The van der Waals surface area contributed by atoms with E-state index in [1.165, 1.54) is 4.90 Å². The van der Waals surface area contributed by atoms with Crippen molar-refractivity contribution in [1.82, 2.24) is 20.1 Å². The number of anilines is 1. The topological polar surface area (TPSA) is 92.5 Å². The molecule has 2 aliphatic heterocycles. The van der Waals surface area contributed by atoms with Gasteiger partial charge in [-0.15, -0.1) is 0 Å². The molecule has 5 rings (SSSR count). The number of fused-ring (bicyclic) bond motifs is 1. The Morgan fingerprint density at radius 1 is 1.19 bits per heavy atom. The Bertz CT molecular complexity index is 1110. The van der Waals surface area contributed by atoms with E-state index in [1.54, 1.807) is 6.20 Å². The van der Waals surface area contributed by atoms with Crippen molar-refractivity contribution in [3.8, 4) is 22.8 Å². The van der Waals surface area contributed by atoms with E-state index in [-0.39, 0.29) is 6.04 Å². The molecule has 0 aliphatic carbocycles. The van der Waals surface area contributed by atoms with Crippen LogP contribution in [0.15, 0.2) is 48.9 Å². The third-order valence-corrected chi connectivity index (χ3v) is 6.39. The number of benzene rings is 1. The molecule has 4 heterocycles. The molecule has 8 heteroatoms. The SMILES string of the molecule is CC1CCc2c(ccc(-c3cnn(C4CCNCC4)c3)c2Oc2ccccn2)N1C(=O)O. The van der Waals surface area contributed by atoms with Gasteiger partial charge in [0.2, 0.25) is 5.88 Å². The minimum Gasteiger partial charge on any atom is -0.465 e. The van der Waals surface area contributed by atoms with Crippen LogP contribution >= 0.6 is 0 Å². The van der Waals surface area contributed by atoms with E-state index in [9.17, 15) is 9.90 Å². The van der Waals surface area contributed by atoms with E-state index in [0.717, 1.165) is 55.5 Å². The smallest absolute Gasteiger partial charge is 0.412 e. The largest absolute Gasteiger partial charge is 0.465 e. The molecule has 32 heavy (non-hydrogen) atoms. The quantitative estimate of drug-likeness (QED) is 0.630. The van der Waals surface area contributed by atoms with E-state index >= 15 is 0 Å². The lowest BCUT2D eigenvalue weighted by molar-refractivity contribution is 0.198. The van der Waals surface area contributed by atoms with Crippen LogP contribution in [-0.4, -0.2) is 45.1 Å². The van der Waals surface area contributed by atoms with Gasteiger partial charge in [-0.25, -0.2) is 9.78 Å². The second-order valence-corrected chi connectivity index (χ2v) is 8.44. The van der Waals surface area contributed by atoms with Crippen molar-refractivity contribution in [2.75, 3.05) is 18.0 Å². The fourth-order valence-corrected chi connectivity index (χ4v) is 4.70. The van der Waals surface area contributed by atoms with Gasteiger partial charge in [-0.1, -0.05) is 6.07 Å². The summed E-state index contributed by atoms with van der Waals surface area (Å²) in [5, 5.41) is 17.9. The Morgan fingerprint density at radius 2 is 2.03 bits per heavy atom. The Morgan fingerprint density at radius 3 is 2.78 bits per heavy atom. The van der Waals surface area contributed by atoms with Crippen molar-refractivity contribution in [2.45, 2.75) is 44.7 Å². The van der Waals surface area contributed by atoms with Gasteiger partial charge in [0, 0.05) is 41.2 Å². The molecule has 8 nitrogen and oxygen atoms in total. The molecule has 1 aromatic carbocycles. The molecule has 0 spiro atoms. The van der Waals surface area contributed by atoms with Crippen molar-refractivity contribution >= 4 is 11.8 Å². The highest BCUT2D eigenvalue weighted by Crippen LogP contribution is 2.44. The van der Waals surface area contributed by atoms with Gasteiger partial charge in [0.1, 0.15) is 5.75 Å². The molecule has 2 aromatic heterocycles. The number of hydrogen-bond acceptors (Lipinski definition) is 5. The molecule has 1 amide bonds. The molecule has 0 radical (unpaired) electrons. The van der Waals surface area contributed by atoms with E-state index < -0.39 is 6.09 Å². The summed E-state index contributed by atoms with van der Waals surface area (Å²) < 4.78 is 8.35. The van der Waals surface area contributed by atoms with Gasteiger partial charge in [0.05, 0.1) is 17.9 Å². The summed E-state index contributed by atoms with van der Waals surface area (Å²) in [7, 11) is 0. The average Bonchev–Trinajstić information content (AvgIpc) is 3.30. The zero-order valence-corrected chi connectivity index (χ0v) is 18.1. The summed E-state index contributed by atoms with van der Waals surface area (Å²) >= 11 is 0. The minimum absolute atomic E-state index is 0.0868. The highest BCUT2D eigenvalue weighted by molar-refractivity contribution is 5.91. The maximum atomic E-state index is 12.0. The highest BCUT2D eigenvalue weighted by Gasteiger charge is 2.32. The number of ether oxygens (including phenoxy) is 1. The number of amides is 1. The first-order valence-corrected chi connectivity index (χ1v) is 11.1. The normalized spacial score (nSPS) is 18.9. The summed E-state index contributed by atoms with van der Waals surface area (Å²) in [5.74, 6) is 1.14. The van der Waals surface area contributed by atoms with Crippen molar-refractivity contribution in [3.63, 3.8) is 0 Å². The summed E-state index contributed by atoms with van der Waals surface area (Å²) in [6.07, 6.45) is 8.24. The van der Waals surface area contributed by atoms with Gasteiger partial charge in [0.25, 0.3) is 0 Å². The Kier molecular flexibility index (Phi) is 5.53. The van der Waals surface area contributed by atoms with Gasteiger partial charge in [-0.2, -0.15) is 5.10 Å². The van der Waals surface area contributed by atoms with Gasteiger partial charge >= 0.3 is 6.09 Å². The first-order chi connectivity index (χ1) is 15.6. The zero-order valence-electron chi connectivity index (χ0n) is 18.1. The molecular weight excluding hydrogens is 406 g/mol. The maximum Gasteiger partial charge on any atom is 0.412 e. The van der Waals surface area contributed by atoms with Crippen LogP contribution < -0.4 is 15.0 Å². The minimum atomic E-state index is -0.950. The first kappa shape index (κ1) is 20.5. The second-order valence-electron chi connectivity index (χ2n) is 8.44. The number of carboxylic acid groups (broad SMARTS) is 1. The predicted molar refractivity (Wildman–Crippen MR) is 121 cm³/mol. The number of rotatable bonds is 4. The maximum absolute atomic E-state index is 12.0. The Labute approximate surface area is 186 Å². The number of pyridine rings is 1. The van der Waals surface area contributed by atoms with Crippen LogP contribution in [0.1, 0.15) is 37.8 Å². The first-order valence-electron chi connectivity index (χ1n) is 11.1. The molecule has 1 fully saturated rings. The number of hydrogen-bond donors (Lipinski definition) is 2. The van der Waals surface area contributed by atoms with Crippen LogP contribution in [0.4, 0.5) is 10.5 Å². The van der Waals surface area contributed by atoms with Crippen LogP contribution in [0.25, 0.3) is 11.1 Å². The fraction of sp³-hybridized carbons (Fsp3) is 0.375. The average molecular weight is 434 g/mol. The van der Waals surface area contributed by atoms with E-state index in [4.69, 9.17) is 4.74 Å². The van der Waals surface area contributed by atoms with Crippen molar-refractivity contribution in [2.24, 2.45) is 0 Å². The summed E-state index contributed by atoms with van der Waals surface area (Å²) in [5.41, 5.74) is 3.42. The lowest BCUT2D eigenvalue weighted by Crippen LogP contribution is -2.41. The number of aromatic nitrogens is 3. The Hall–Kier alpha value is -3.39. The van der Waals surface area contributed by atoms with Gasteiger partial charge in [0.15, 0.2) is 0 Å². The summed E-state index contributed by atoms with van der Waals surface area (Å²) in [6, 6.07) is 9.64. The Balaban J connectivity index is 1.59. The lowest BCUT2D eigenvalue weighted by Gasteiger charge is -2.34. The molecule has 166 valence electrons. The number of piperidine rings is 1.